The fraction of sp³-hybridized carbons (Fsp3) is 0.200. The molecule has 1 aliphatic carbocycles. The van der Waals surface area contributed by atoms with Crippen molar-refractivity contribution in [3.63, 3.8) is 0 Å². The lowest BCUT2D eigenvalue weighted by atomic mass is 9.84. The molecule has 102 valence electrons. The minimum absolute atomic E-state index is 0.371. The van der Waals surface area contributed by atoms with Gasteiger partial charge in [-0.25, -0.2) is 0 Å². The van der Waals surface area contributed by atoms with Crippen molar-refractivity contribution < 1.29 is 5.11 Å². The number of hydrogen-bond donors (Lipinski definition) is 1. The van der Waals surface area contributed by atoms with Gasteiger partial charge in [0.1, 0.15) is 0 Å². The largest absolute Gasteiger partial charge is 0.388 e. The van der Waals surface area contributed by atoms with Crippen LogP contribution in [0, 0.1) is 12.3 Å². The molecule has 3 aromatic rings. The van der Waals surface area contributed by atoms with Crippen LogP contribution in [0.3, 0.4) is 0 Å². The molecule has 0 amide bonds. The van der Waals surface area contributed by atoms with Crippen molar-refractivity contribution in [1.82, 2.24) is 0 Å². The summed E-state index contributed by atoms with van der Waals surface area (Å²) in [4.78, 5) is 0. The third-order valence-electron chi connectivity index (χ3n) is 4.59. The van der Waals surface area contributed by atoms with E-state index in [1.54, 1.807) is 0 Å². The van der Waals surface area contributed by atoms with Crippen LogP contribution in [-0.4, -0.2) is 5.11 Å². The second-order valence-corrected chi connectivity index (χ2v) is 5.76. The minimum atomic E-state index is -0.371. The highest BCUT2D eigenvalue weighted by atomic mass is 16.3. The number of aliphatic hydroxyl groups excluding tert-OH is 1. The van der Waals surface area contributed by atoms with Gasteiger partial charge in [-0.2, -0.15) is 0 Å². The maximum atomic E-state index is 10.4. The molecule has 0 saturated carbocycles. The fourth-order valence-electron chi connectivity index (χ4n) is 3.61. The van der Waals surface area contributed by atoms with Gasteiger partial charge in [0, 0.05) is 5.56 Å². The summed E-state index contributed by atoms with van der Waals surface area (Å²) in [7, 11) is 0. The number of rotatable bonds is 0. The number of aliphatic hydroxyl groups is 1. The molecule has 0 radical (unpaired) electrons. The smallest absolute Gasteiger partial charge is 0.0798 e. The molecule has 1 N–H and O–H groups in total. The predicted octanol–water partition coefficient (Wildman–Crippen LogP) is 4.34. The Hall–Kier alpha value is -2.30. The lowest BCUT2D eigenvalue weighted by Crippen LogP contribution is -2.09. The van der Waals surface area contributed by atoms with Crippen molar-refractivity contribution in [3.8, 4) is 12.3 Å². The zero-order valence-electron chi connectivity index (χ0n) is 11.8. The van der Waals surface area contributed by atoms with Crippen LogP contribution in [0.15, 0.2) is 42.5 Å². The second kappa shape index (κ2) is 4.62. The first kappa shape index (κ1) is 12.4. The Labute approximate surface area is 124 Å². The van der Waals surface area contributed by atoms with E-state index in [4.69, 9.17) is 6.42 Å². The average Bonchev–Trinajstić information content (AvgIpc) is 2.53. The highest BCUT2D eigenvalue weighted by Gasteiger charge is 2.21. The van der Waals surface area contributed by atoms with Gasteiger partial charge in [0.2, 0.25) is 0 Å². The summed E-state index contributed by atoms with van der Waals surface area (Å²) >= 11 is 0. The van der Waals surface area contributed by atoms with Crippen LogP contribution in [0.25, 0.3) is 21.5 Å². The molecule has 0 aliphatic heterocycles. The van der Waals surface area contributed by atoms with Crippen LogP contribution < -0.4 is 0 Å². The van der Waals surface area contributed by atoms with Gasteiger partial charge in [-0.05, 0) is 58.0 Å². The average molecular weight is 272 g/mol. The third kappa shape index (κ3) is 1.77. The zero-order chi connectivity index (χ0) is 14.4. The van der Waals surface area contributed by atoms with Gasteiger partial charge in [0.25, 0.3) is 0 Å². The highest BCUT2D eigenvalue weighted by Crippen LogP contribution is 2.38. The minimum Gasteiger partial charge on any atom is -0.388 e. The molecule has 0 bridgehead atoms. The van der Waals surface area contributed by atoms with Crippen LogP contribution in [0.2, 0.25) is 0 Å². The highest BCUT2D eigenvalue weighted by molar-refractivity contribution is 6.11. The van der Waals surface area contributed by atoms with E-state index in [2.05, 4.69) is 36.3 Å². The fourth-order valence-corrected chi connectivity index (χ4v) is 3.61. The quantitative estimate of drug-likeness (QED) is 0.476. The maximum Gasteiger partial charge on any atom is 0.0798 e. The summed E-state index contributed by atoms with van der Waals surface area (Å²) in [5.74, 6) is 2.80. The number of benzene rings is 3. The molecule has 3 aromatic carbocycles. The van der Waals surface area contributed by atoms with Crippen molar-refractivity contribution in [3.05, 3.63) is 59.2 Å². The van der Waals surface area contributed by atoms with Crippen molar-refractivity contribution in [2.75, 3.05) is 0 Å². The molecule has 1 nitrogen and oxygen atoms in total. The molecular weight excluding hydrogens is 256 g/mol. The van der Waals surface area contributed by atoms with E-state index in [-0.39, 0.29) is 6.10 Å². The first-order valence-corrected chi connectivity index (χ1v) is 7.41. The number of fused-ring (bicyclic) bond motifs is 5. The van der Waals surface area contributed by atoms with Crippen molar-refractivity contribution in [1.29, 1.82) is 0 Å². The second-order valence-electron chi connectivity index (χ2n) is 5.76. The molecule has 0 heterocycles. The zero-order valence-corrected chi connectivity index (χ0v) is 11.8. The van der Waals surface area contributed by atoms with Gasteiger partial charge < -0.3 is 5.11 Å². The number of aryl methyl sites for hydroxylation is 1. The van der Waals surface area contributed by atoms with Crippen molar-refractivity contribution in [2.24, 2.45) is 0 Å². The Morgan fingerprint density at radius 3 is 2.57 bits per heavy atom. The third-order valence-corrected chi connectivity index (χ3v) is 4.59. The van der Waals surface area contributed by atoms with E-state index in [9.17, 15) is 5.11 Å². The summed E-state index contributed by atoms with van der Waals surface area (Å²) in [5, 5.41) is 15.0. The Kier molecular flexibility index (Phi) is 2.74. The molecule has 0 spiro atoms. The normalized spacial score (nSPS) is 17.6. The molecule has 1 heteroatoms. The Morgan fingerprint density at radius 1 is 1.00 bits per heavy atom. The van der Waals surface area contributed by atoms with E-state index in [1.807, 2.05) is 12.1 Å². The van der Waals surface area contributed by atoms with Crippen molar-refractivity contribution >= 4 is 21.5 Å². The molecule has 0 saturated heterocycles. The van der Waals surface area contributed by atoms with Crippen LogP contribution in [-0.2, 0) is 6.42 Å². The molecule has 0 fully saturated rings. The summed E-state index contributed by atoms with van der Waals surface area (Å²) in [6, 6.07) is 14.7. The van der Waals surface area contributed by atoms with E-state index < -0.39 is 0 Å². The van der Waals surface area contributed by atoms with Crippen LogP contribution >= 0.6 is 0 Å². The topological polar surface area (TPSA) is 20.2 Å². The Morgan fingerprint density at radius 2 is 1.76 bits per heavy atom. The van der Waals surface area contributed by atoms with Crippen LogP contribution in [0.4, 0.5) is 0 Å². The van der Waals surface area contributed by atoms with E-state index in [1.165, 1.54) is 16.3 Å². The van der Waals surface area contributed by atoms with Crippen LogP contribution in [0.1, 0.15) is 35.6 Å². The van der Waals surface area contributed by atoms with Gasteiger partial charge in [-0.1, -0.05) is 42.3 Å². The van der Waals surface area contributed by atoms with Gasteiger partial charge in [-0.3, -0.25) is 0 Å². The molecule has 1 aliphatic rings. The summed E-state index contributed by atoms with van der Waals surface area (Å²) in [5.41, 5.74) is 3.25. The van der Waals surface area contributed by atoms with E-state index in [0.717, 1.165) is 41.2 Å². The Balaban J connectivity index is 2.21. The summed E-state index contributed by atoms with van der Waals surface area (Å²) in [6.45, 7) is 0. The predicted molar refractivity (Wildman–Crippen MR) is 87.3 cm³/mol. The molecular formula is C20H16O. The van der Waals surface area contributed by atoms with Crippen LogP contribution in [0.5, 0.6) is 0 Å². The molecule has 1 atom stereocenters. The summed E-state index contributed by atoms with van der Waals surface area (Å²) in [6.07, 6.45) is 8.26. The first-order valence-electron chi connectivity index (χ1n) is 7.41. The SMILES string of the molecule is C#Cc1cc2c3c(ccc2c2ccccc12)CCCC3O. The number of terminal acetylenes is 1. The molecule has 1 unspecified atom stereocenters. The molecule has 4 rings (SSSR count). The van der Waals surface area contributed by atoms with Gasteiger partial charge in [0.15, 0.2) is 0 Å². The molecule has 21 heavy (non-hydrogen) atoms. The first-order chi connectivity index (χ1) is 10.3. The van der Waals surface area contributed by atoms with E-state index in [0.29, 0.717) is 0 Å². The van der Waals surface area contributed by atoms with Gasteiger partial charge >= 0.3 is 0 Å². The maximum absolute atomic E-state index is 10.4. The van der Waals surface area contributed by atoms with Gasteiger partial charge in [-0.15, -0.1) is 6.42 Å². The molecule has 0 aromatic heterocycles. The van der Waals surface area contributed by atoms with Crippen molar-refractivity contribution in [2.45, 2.75) is 25.4 Å². The standard InChI is InChI=1S/C20H16O/c1-2-13-12-18-17(16-8-4-3-7-15(13)16)11-10-14-6-5-9-19(21)20(14)18/h1,3-4,7-8,10-12,19,21H,5-6,9H2. The lowest BCUT2D eigenvalue weighted by Gasteiger charge is -2.24. The Bertz CT molecular complexity index is 899. The monoisotopic (exact) mass is 272 g/mol. The summed E-state index contributed by atoms with van der Waals surface area (Å²) < 4.78 is 0. The van der Waals surface area contributed by atoms with E-state index >= 15 is 0 Å². The lowest BCUT2D eigenvalue weighted by molar-refractivity contribution is 0.158. The number of hydrogen-bond acceptors (Lipinski definition) is 1. The van der Waals surface area contributed by atoms with Gasteiger partial charge in [0.05, 0.1) is 6.10 Å².